The third-order valence-corrected chi connectivity index (χ3v) is 5.89. The van der Waals surface area contributed by atoms with Gasteiger partial charge >= 0.3 is 5.97 Å². The summed E-state index contributed by atoms with van der Waals surface area (Å²) in [6.45, 7) is 4.02. The van der Waals surface area contributed by atoms with Gasteiger partial charge in [0.15, 0.2) is 23.6 Å². The van der Waals surface area contributed by atoms with E-state index in [0.29, 0.717) is 22.8 Å². The van der Waals surface area contributed by atoms with Gasteiger partial charge in [-0.2, -0.15) is 0 Å². The summed E-state index contributed by atoms with van der Waals surface area (Å²) < 4.78 is 15.7. The summed E-state index contributed by atoms with van der Waals surface area (Å²) >= 11 is 7.75. The van der Waals surface area contributed by atoms with Gasteiger partial charge in [-0.3, -0.25) is 4.79 Å². The second kappa shape index (κ2) is 11.2. The van der Waals surface area contributed by atoms with Crippen LogP contribution in [-0.4, -0.2) is 37.7 Å². The summed E-state index contributed by atoms with van der Waals surface area (Å²) in [5.41, 5.74) is 2.57. The lowest BCUT2D eigenvalue weighted by Gasteiger charge is -2.14. The highest BCUT2D eigenvalue weighted by molar-refractivity contribution is 8.05. The fourth-order valence-corrected chi connectivity index (χ4v) is 4.23. The Balaban J connectivity index is 1.75. The molecule has 2 N–H and O–H groups in total. The molecule has 0 unspecified atom stereocenters. The molecule has 1 fully saturated rings. The number of thioether (sulfide) groups is 1. The summed E-state index contributed by atoms with van der Waals surface area (Å²) in [6, 6.07) is 11.5. The van der Waals surface area contributed by atoms with Gasteiger partial charge in [0.05, 0.1) is 23.6 Å². The van der Waals surface area contributed by atoms with Crippen molar-refractivity contribution in [1.82, 2.24) is 5.32 Å². The number of hydrogen-bond acceptors (Lipinski definition) is 7. The molecule has 1 atom stereocenters. The zero-order valence-corrected chi connectivity index (χ0v) is 19.6. The molecule has 7 nitrogen and oxygen atoms in total. The quantitative estimate of drug-likeness (QED) is 0.408. The van der Waals surface area contributed by atoms with Crippen LogP contribution in [0, 0.1) is 0 Å². The normalized spacial score (nSPS) is 16.6. The molecule has 0 radical (unpaired) electrons. The zero-order chi connectivity index (χ0) is 23.1. The van der Waals surface area contributed by atoms with Gasteiger partial charge in [-0.15, -0.1) is 0 Å². The monoisotopic (exact) mass is 476 g/mol. The molecule has 1 heterocycles. The van der Waals surface area contributed by atoms with Gasteiger partial charge in [-0.1, -0.05) is 42.4 Å². The third-order valence-electron chi connectivity index (χ3n) is 4.58. The molecule has 1 aliphatic rings. The lowest BCUT2D eigenvalue weighted by atomic mass is 10.1. The lowest BCUT2D eigenvalue weighted by molar-refractivity contribution is -0.142. The van der Waals surface area contributed by atoms with Crippen molar-refractivity contribution in [3.63, 3.8) is 0 Å². The van der Waals surface area contributed by atoms with Crippen LogP contribution in [0.1, 0.15) is 25.0 Å². The molecule has 1 saturated heterocycles. The molecule has 2 aromatic rings. The van der Waals surface area contributed by atoms with Crippen LogP contribution in [0.5, 0.6) is 11.5 Å². The number of halogens is 1. The largest absolute Gasteiger partial charge is 0.490 e. The van der Waals surface area contributed by atoms with Crippen LogP contribution in [0.3, 0.4) is 0 Å². The average molecular weight is 477 g/mol. The molecule has 2 aromatic carbocycles. The molecule has 1 aliphatic heterocycles. The van der Waals surface area contributed by atoms with Crippen molar-refractivity contribution >= 4 is 47.0 Å². The van der Waals surface area contributed by atoms with Gasteiger partial charge in [0, 0.05) is 5.69 Å². The van der Waals surface area contributed by atoms with Gasteiger partial charge in [0.2, 0.25) is 0 Å². The molecular weight excluding hydrogens is 452 g/mol. The summed E-state index contributed by atoms with van der Waals surface area (Å²) in [5.74, 6) is -0.0844. The van der Waals surface area contributed by atoms with E-state index in [2.05, 4.69) is 34.4 Å². The Morgan fingerprint density at radius 1 is 1.22 bits per heavy atom. The minimum absolute atomic E-state index is 0.183. The van der Waals surface area contributed by atoms with Crippen molar-refractivity contribution < 1.29 is 23.8 Å². The number of benzene rings is 2. The van der Waals surface area contributed by atoms with Gasteiger partial charge in [0.1, 0.15) is 0 Å². The Kier molecular flexibility index (Phi) is 8.30. The number of anilines is 1. The Labute approximate surface area is 196 Å². The van der Waals surface area contributed by atoms with E-state index in [1.807, 2.05) is 19.1 Å². The van der Waals surface area contributed by atoms with E-state index in [4.69, 9.17) is 21.1 Å². The van der Waals surface area contributed by atoms with E-state index >= 15 is 0 Å². The van der Waals surface area contributed by atoms with Gasteiger partial charge < -0.3 is 24.8 Å². The van der Waals surface area contributed by atoms with Crippen LogP contribution in [-0.2, 0) is 20.7 Å². The minimum atomic E-state index is -0.531. The van der Waals surface area contributed by atoms with Crippen LogP contribution in [0.15, 0.2) is 41.3 Å². The number of carbonyl (C=O) groups excluding carboxylic acids is 2. The van der Waals surface area contributed by atoms with E-state index < -0.39 is 5.97 Å². The van der Waals surface area contributed by atoms with Crippen molar-refractivity contribution in [2.24, 2.45) is 0 Å². The predicted molar refractivity (Wildman–Crippen MR) is 127 cm³/mol. The second-order valence-electron chi connectivity index (χ2n) is 6.80. The third kappa shape index (κ3) is 6.11. The summed E-state index contributed by atoms with van der Waals surface area (Å²) in [6.07, 6.45) is 2.71. The number of methoxy groups -OCH3 is 1. The van der Waals surface area contributed by atoms with E-state index in [1.165, 1.54) is 24.4 Å². The molecular formula is C23H25ClN2O5S. The summed E-state index contributed by atoms with van der Waals surface area (Å²) in [7, 11) is 1.28. The number of carbonyl (C=O) groups is 2. The maximum Gasteiger partial charge on any atom is 0.343 e. The number of amides is 1. The van der Waals surface area contributed by atoms with Crippen LogP contribution in [0.4, 0.5) is 5.69 Å². The summed E-state index contributed by atoms with van der Waals surface area (Å²) in [5, 5.41) is 6.47. The Hall–Kier alpha value is -2.84. The molecule has 0 saturated carbocycles. The smallest absolute Gasteiger partial charge is 0.343 e. The Bertz CT molecular complexity index is 1010. The van der Waals surface area contributed by atoms with E-state index in [1.54, 1.807) is 18.2 Å². The second-order valence-corrected chi connectivity index (χ2v) is 8.36. The maximum absolute atomic E-state index is 12.5. The van der Waals surface area contributed by atoms with E-state index in [-0.39, 0.29) is 28.8 Å². The Morgan fingerprint density at radius 2 is 1.97 bits per heavy atom. The van der Waals surface area contributed by atoms with Gasteiger partial charge in [0.25, 0.3) is 5.91 Å². The van der Waals surface area contributed by atoms with Crippen LogP contribution < -0.4 is 20.1 Å². The predicted octanol–water partition coefficient (Wildman–Crippen LogP) is 4.45. The number of aryl methyl sites for hydroxylation is 1. The SMILES string of the molecule is CCOc1cc(/C=C2\S[C@H](Nc3ccc(CC)cc3)NC2=O)cc(Cl)c1OCC(=O)OC. The molecule has 0 bridgehead atoms. The van der Waals surface area contributed by atoms with Gasteiger partial charge in [-0.05, 0) is 54.8 Å². The first-order valence-corrected chi connectivity index (χ1v) is 11.4. The summed E-state index contributed by atoms with van der Waals surface area (Å²) in [4.78, 5) is 24.4. The fourth-order valence-electron chi connectivity index (χ4n) is 2.97. The number of esters is 1. The van der Waals surface area contributed by atoms with Crippen molar-refractivity contribution in [3.8, 4) is 11.5 Å². The fraction of sp³-hybridized carbons (Fsp3) is 0.304. The van der Waals surface area contributed by atoms with Crippen molar-refractivity contribution in [2.75, 3.05) is 25.6 Å². The number of hydrogen-bond donors (Lipinski definition) is 2. The molecule has 9 heteroatoms. The molecule has 0 aromatic heterocycles. The standard InChI is InChI=1S/C23H25ClN2O5S/c1-4-14-6-8-16(9-7-14)25-23-26-22(28)19(32-23)12-15-10-17(24)21(18(11-15)30-5-2)31-13-20(27)29-3/h6-12,23,25H,4-5,13H2,1-3H3,(H,26,28)/b19-12-/t23-/m1/s1. The molecule has 3 rings (SSSR count). The van der Waals surface area contributed by atoms with Crippen LogP contribution in [0.25, 0.3) is 6.08 Å². The average Bonchev–Trinajstić information content (AvgIpc) is 3.12. The molecule has 1 amide bonds. The van der Waals surface area contributed by atoms with E-state index in [0.717, 1.165) is 12.1 Å². The topological polar surface area (TPSA) is 85.9 Å². The minimum Gasteiger partial charge on any atom is -0.490 e. The zero-order valence-electron chi connectivity index (χ0n) is 18.1. The lowest BCUT2D eigenvalue weighted by Crippen LogP contribution is -2.30. The van der Waals surface area contributed by atoms with Crippen LogP contribution in [0.2, 0.25) is 5.02 Å². The first-order valence-electron chi connectivity index (χ1n) is 10.1. The first kappa shape index (κ1) is 23.8. The van der Waals surface area contributed by atoms with E-state index in [9.17, 15) is 9.59 Å². The van der Waals surface area contributed by atoms with Crippen molar-refractivity contribution in [3.05, 3.63) is 57.5 Å². The number of rotatable bonds is 9. The first-order chi connectivity index (χ1) is 15.4. The van der Waals surface area contributed by atoms with Crippen LogP contribution >= 0.6 is 23.4 Å². The van der Waals surface area contributed by atoms with Gasteiger partial charge in [-0.25, -0.2) is 4.79 Å². The maximum atomic E-state index is 12.5. The highest BCUT2D eigenvalue weighted by Crippen LogP contribution is 2.38. The highest BCUT2D eigenvalue weighted by Gasteiger charge is 2.27. The molecule has 0 aliphatic carbocycles. The number of nitrogens with one attached hydrogen (secondary N) is 2. The Morgan fingerprint density at radius 3 is 2.62 bits per heavy atom. The van der Waals surface area contributed by atoms with Crippen molar-refractivity contribution in [1.29, 1.82) is 0 Å². The molecule has 0 spiro atoms. The molecule has 170 valence electrons. The number of ether oxygens (including phenoxy) is 3. The van der Waals surface area contributed by atoms with Crippen molar-refractivity contribution in [2.45, 2.75) is 25.8 Å². The highest BCUT2D eigenvalue weighted by atomic mass is 35.5. The molecule has 32 heavy (non-hydrogen) atoms.